The SMILES string of the molecule is CCC1=C(CC)NC(=O)NC1. The van der Waals surface area contributed by atoms with E-state index in [1.807, 2.05) is 0 Å². The molecule has 1 aliphatic rings. The van der Waals surface area contributed by atoms with Gasteiger partial charge in [0.25, 0.3) is 0 Å². The zero-order chi connectivity index (χ0) is 8.27. The van der Waals surface area contributed by atoms with E-state index in [0.717, 1.165) is 18.5 Å². The molecule has 0 aromatic heterocycles. The van der Waals surface area contributed by atoms with Crippen LogP contribution >= 0.6 is 0 Å². The lowest BCUT2D eigenvalue weighted by Gasteiger charge is -2.20. The molecule has 2 amide bonds. The number of nitrogens with one attached hydrogen (secondary N) is 2. The first-order valence-electron chi connectivity index (χ1n) is 4.03. The second-order valence-corrected chi connectivity index (χ2v) is 2.60. The number of allylic oxidation sites excluding steroid dienone is 1. The first-order valence-corrected chi connectivity index (χ1v) is 4.03. The topological polar surface area (TPSA) is 41.1 Å². The van der Waals surface area contributed by atoms with E-state index in [2.05, 4.69) is 24.5 Å². The molecular formula is C8H14N2O. The van der Waals surface area contributed by atoms with Crippen LogP contribution in [-0.2, 0) is 0 Å². The minimum absolute atomic E-state index is 0.0703. The van der Waals surface area contributed by atoms with Crippen molar-refractivity contribution in [3.63, 3.8) is 0 Å². The minimum Gasteiger partial charge on any atom is -0.334 e. The first kappa shape index (κ1) is 8.11. The van der Waals surface area contributed by atoms with E-state index in [1.165, 1.54) is 5.57 Å². The molecule has 0 saturated carbocycles. The summed E-state index contributed by atoms with van der Waals surface area (Å²) in [5.41, 5.74) is 2.41. The Kier molecular flexibility index (Phi) is 2.52. The highest BCUT2D eigenvalue weighted by Gasteiger charge is 2.13. The summed E-state index contributed by atoms with van der Waals surface area (Å²) in [4.78, 5) is 10.8. The molecule has 2 N–H and O–H groups in total. The molecule has 3 heteroatoms. The molecule has 1 heterocycles. The summed E-state index contributed by atoms with van der Waals surface area (Å²) in [6.45, 7) is 4.87. The standard InChI is InChI=1S/C8H14N2O/c1-3-6-5-9-8(11)10-7(6)4-2/h3-5H2,1-2H3,(H2,9,10,11). The van der Waals surface area contributed by atoms with E-state index in [0.29, 0.717) is 6.54 Å². The van der Waals surface area contributed by atoms with Crippen molar-refractivity contribution < 1.29 is 4.79 Å². The molecule has 0 bridgehead atoms. The van der Waals surface area contributed by atoms with Gasteiger partial charge in [-0.1, -0.05) is 13.8 Å². The van der Waals surface area contributed by atoms with Gasteiger partial charge in [-0.25, -0.2) is 4.79 Å². The molecule has 0 aromatic carbocycles. The van der Waals surface area contributed by atoms with Crippen molar-refractivity contribution in [2.24, 2.45) is 0 Å². The largest absolute Gasteiger partial charge is 0.334 e. The summed E-state index contributed by atoms with van der Waals surface area (Å²) in [5.74, 6) is 0. The summed E-state index contributed by atoms with van der Waals surface area (Å²) in [6, 6.07) is -0.0703. The van der Waals surface area contributed by atoms with Gasteiger partial charge in [0.15, 0.2) is 0 Å². The normalized spacial score (nSPS) is 17.8. The van der Waals surface area contributed by atoms with Crippen LogP contribution in [0, 0.1) is 0 Å². The molecule has 0 aromatic rings. The highest BCUT2D eigenvalue weighted by molar-refractivity contribution is 5.77. The molecular weight excluding hydrogens is 140 g/mol. The van der Waals surface area contributed by atoms with Gasteiger partial charge in [-0.3, -0.25) is 0 Å². The molecule has 1 aliphatic heterocycles. The summed E-state index contributed by atoms with van der Waals surface area (Å²) in [6.07, 6.45) is 1.92. The molecule has 0 atom stereocenters. The van der Waals surface area contributed by atoms with E-state index >= 15 is 0 Å². The van der Waals surface area contributed by atoms with E-state index in [4.69, 9.17) is 0 Å². The van der Waals surface area contributed by atoms with Gasteiger partial charge in [0.1, 0.15) is 0 Å². The average Bonchev–Trinajstić information content (AvgIpc) is 2.04. The zero-order valence-electron chi connectivity index (χ0n) is 7.03. The van der Waals surface area contributed by atoms with Crippen LogP contribution in [0.25, 0.3) is 0 Å². The number of rotatable bonds is 2. The van der Waals surface area contributed by atoms with Crippen molar-refractivity contribution in [3.05, 3.63) is 11.3 Å². The van der Waals surface area contributed by atoms with Crippen LogP contribution in [-0.4, -0.2) is 12.6 Å². The van der Waals surface area contributed by atoms with Gasteiger partial charge < -0.3 is 10.6 Å². The molecule has 0 spiro atoms. The highest BCUT2D eigenvalue weighted by atomic mass is 16.2. The van der Waals surface area contributed by atoms with Crippen LogP contribution in [0.5, 0.6) is 0 Å². The van der Waals surface area contributed by atoms with E-state index < -0.39 is 0 Å². The van der Waals surface area contributed by atoms with Crippen LogP contribution in [0.1, 0.15) is 26.7 Å². The smallest absolute Gasteiger partial charge is 0.319 e. The molecule has 0 saturated heterocycles. The Morgan fingerprint density at radius 3 is 2.64 bits per heavy atom. The maximum Gasteiger partial charge on any atom is 0.319 e. The zero-order valence-corrected chi connectivity index (χ0v) is 7.03. The van der Waals surface area contributed by atoms with Crippen LogP contribution < -0.4 is 10.6 Å². The van der Waals surface area contributed by atoms with Crippen molar-refractivity contribution in [3.8, 4) is 0 Å². The summed E-state index contributed by atoms with van der Waals surface area (Å²) < 4.78 is 0. The maximum atomic E-state index is 10.8. The van der Waals surface area contributed by atoms with Crippen LogP contribution in [0.2, 0.25) is 0 Å². The second-order valence-electron chi connectivity index (χ2n) is 2.60. The fourth-order valence-electron chi connectivity index (χ4n) is 1.24. The third-order valence-corrected chi connectivity index (χ3v) is 1.93. The molecule has 0 unspecified atom stereocenters. The number of hydrogen-bond acceptors (Lipinski definition) is 1. The summed E-state index contributed by atoms with van der Waals surface area (Å²) in [7, 11) is 0. The average molecular weight is 154 g/mol. The lowest BCUT2D eigenvalue weighted by atomic mass is 10.1. The van der Waals surface area contributed by atoms with Crippen LogP contribution in [0.15, 0.2) is 11.3 Å². The van der Waals surface area contributed by atoms with Gasteiger partial charge in [0.2, 0.25) is 0 Å². The lowest BCUT2D eigenvalue weighted by Crippen LogP contribution is -2.41. The van der Waals surface area contributed by atoms with Crippen molar-refractivity contribution in [1.29, 1.82) is 0 Å². The van der Waals surface area contributed by atoms with Gasteiger partial charge >= 0.3 is 6.03 Å². The van der Waals surface area contributed by atoms with Gasteiger partial charge in [-0.15, -0.1) is 0 Å². The van der Waals surface area contributed by atoms with Gasteiger partial charge in [-0.2, -0.15) is 0 Å². The third-order valence-electron chi connectivity index (χ3n) is 1.93. The second kappa shape index (κ2) is 3.42. The van der Waals surface area contributed by atoms with Crippen molar-refractivity contribution >= 4 is 6.03 Å². The van der Waals surface area contributed by atoms with Crippen LogP contribution in [0.3, 0.4) is 0 Å². The minimum atomic E-state index is -0.0703. The quantitative estimate of drug-likeness (QED) is 0.619. The fraction of sp³-hybridized carbons (Fsp3) is 0.625. The fourth-order valence-corrected chi connectivity index (χ4v) is 1.24. The Hall–Kier alpha value is -0.990. The number of urea groups is 1. The molecule has 1 rings (SSSR count). The van der Waals surface area contributed by atoms with Crippen LogP contribution in [0.4, 0.5) is 4.79 Å². The third kappa shape index (κ3) is 1.73. The van der Waals surface area contributed by atoms with Gasteiger partial charge in [0, 0.05) is 12.2 Å². The van der Waals surface area contributed by atoms with Gasteiger partial charge in [-0.05, 0) is 18.4 Å². The first-order chi connectivity index (χ1) is 5.27. The molecule has 0 radical (unpaired) electrons. The van der Waals surface area contributed by atoms with Crippen molar-refractivity contribution in [1.82, 2.24) is 10.6 Å². The Morgan fingerprint density at radius 1 is 1.36 bits per heavy atom. The van der Waals surface area contributed by atoms with Crippen molar-refractivity contribution in [2.75, 3.05) is 6.54 Å². The number of carbonyl (C=O) groups excluding carboxylic acids is 1. The Morgan fingerprint density at radius 2 is 2.09 bits per heavy atom. The number of amides is 2. The predicted octanol–water partition coefficient (Wildman–Crippen LogP) is 1.37. The molecule has 0 fully saturated rings. The number of hydrogen-bond donors (Lipinski definition) is 2. The molecule has 3 nitrogen and oxygen atoms in total. The molecule has 11 heavy (non-hydrogen) atoms. The maximum absolute atomic E-state index is 10.8. The van der Waals surface area contributed by atoms with Gasteiger partial charge in [0.05, 0.1) is 0 Å². The van der Waals surface area contributed by atoms with E-state index in [-0.39, 0.29) is 6.03 Å². The predicted molar refractivity (Wildman–Crippen MR) is 44.1 cm³/mol. The highest BCUT2D eigenvalue weighted by Crippen LogP contribution is 2.11. The Labute approximate surface area is 66.9 Å². The molecule has 62 valence electrons. The van der Waals surface area contributed by atoms with E-state index in [9.17, 15) is 4.79 Å². The summed E-state index contributed by atoms with van der Waals surface area (Å²) in [5, 5.41) is 5.54. The lowest BCUT2D eigenvalue weighted by molar-refractivity contribution is 0.242. The Bertz CT molecular complexity index is 196. The Balaban J connectivity index is 2.74. The van der Waals surface area contributed by atoms with Crippen molar-refractivity contribution in [2.45, 2.75) is 26.7 Å². The summed E-state index contributed by atoms with van der Waals surface area (Å²) >= 11 is 0. The number of carbonyl (C=O) groups is 1. The molecule has 0 aliphatic carbocycles. The monoisotopic (exact) mass is 154 g/mol. The van der Waals surface area contributed by atoms with E-state index in [1.54, 1.807) is 0 Å².